The predicted octanol–water partition coefficient (Wildman–Crippen LogP) is 2.34. The minimum Gasteiger partial charge on any atom is -0.444 e. The van der Waals surface area contributed by atoms with Crippen molar-refractivity contribution in [1.29, 1.82) is 0 Å². The van der Waals surface area contributed by atoms with Crippen LogP contribution in [0.1, 0.15) is 43.2 Å². The Balaban J connectivity index is 2.10. The number of aromatic nitrogens is 1. The molecule has 1 aromatic heterocycles. The molecule has 0 spiro atoms. The van der Waals surface area contributed by atoms with Gasteiger partial charge in [0.1, 0.15) is 11.3 Å². The largest absolute Gasteiger partial charge is 0.444 e. The number of nitrogens with zero attached hydrogens (tertiary/aromatic N) is 2. The van der Waals surface area contributed by atoms with Crippen molar-refractivity contribution >= 4 is 17.6 Å². The summed E-state index contributed by atoms with van der Waals surface area (Å²) in [5.74, 6) is -1.51. The van der Waals surface area contributed by atoms with Gasteiger partial charge in [-0.05, 0) is 44.9 Å². The number of nitrogens with two attached hydrogens (primary N) is 1. The van der Waals surface area contributed by atoms with Gasteiger partial charge in [-0.25, -0.2) is 9.78 Å². The molecule has 2 heterocycles. The first-order chi connectivity index (χ1) is 10.7. The highest BCUT2D eigenvalue weighted by atomic mass is 19.1. The van der Waals surface area contributed by atoms with Gasteiger partial charge in [0.2, 0.25) is 5.95 Å². The van der Waals surface area contributed by atoms with Crippen molar-refractivity contribution in [3.63, 3.8) is 0 Å². The van der Waals surface area contributed by atoms with Crippen molar-refractivity contribution in [1.82, 2.24) is 9.88 Å². The SMILES string of the molecule is CC(C)(C)OC(=O)N1CC=C(c2ccc(C(N)=O)nc2F)CC1. The lowest BCUT2D eigenvalue weighted by Gasteiger charge is -2.29. The lowest BCUT2D eigenvalue weighted by Crippen LogP contribution is -2.39. The molecule has 2 rings (SSSR count). The summed E-state index contributed by atoms with van der Waals surface area (Å²) in [6, 6.07) is 2.87. The van der Waals surface area contributed by atoms with E-state index in [4.69, 9.17) is 10.5 Å². The Labute approximate surface area is 134 Å². The average molecular weight is 321 g/mol. The minimum absolute atomic E-state index is 0.113. The van der Waals surface area contributed by atoms with Crippen molar-refractivity contribution in [2.75, 3.05) is 13.1 Å². The van der Waals surface area contributed by atoms with Gasteiger partial charge in [0.05, 0.1) is 0 Å². The molecule has 0 fully saturated rings. The van der Waals surface area contributed by atoms with E-state index in [1.54, 1.807) is 31.7 Å². The van der Waals surface area contributed by atoms with Crippen molar-refractivity contribution < 1.29 is 18.7 Å². The summed E-state index contributed by atoms with van der Waals surface area (Å²) in [4.78, 5) is 28.1. The van der Waals surface area contributed by atoms with Gasteiger partial charge in [0.25, 0.3) is 5.91 Å². The molecule has 1 aromatic rings. The predicted molar refractivity (Wildman–Crippen MR) is 83.1 cm³/mol. The molecule has 2 amide bonds. The highest BCUT2D eigenvalue weighted by Gasteiger charge is 2.24. The standard InChI is InChI=1S/C16H20FN3O3/c1-16(2,3)23-15(22)20-8-6-10(7-9-20)11-4-5-12(14(18)21)19-13(11)17/h4-6H,7-9H2,1-3H3,(H2,18,21). The number of carbonyl (C=O) groups excluding carboxylic acids is 2. The lowest BCUT2D eigenvalue weighted by atomic mass is 10.0. The van der Waals surface area contributed by atoms with E-state index in [0.29, 0.717) is 25.1 Å². The second-order valence-electron chi connectivity index (χ2n) is 6.30. The van der Waals surface area contributed by atoms with Gasteiger partial charge in [-0.3, -0.25) is 4.79 Å². The molecule has 0 radical (unpaired) electrons. The van der Waals surface area contributed by atoms with E-state index >= 15 is 0 Å². The molecular weight excluding hydrogens is 301 g/mol. The maximum atomic E-state index is 14.0. The van der Waals surface area contributed by atoms with E-state index in [9.17, 15) is 14.0 Å². The molecule has 0 atom stereocenters. The first-order valence-electron chi connectivity index (χ1n) is 7.31. The summed E-state index contributed by atoms with van der Waals surface area (Å²) in [5.41, 5.74) is 5.47. The fourth-order valence-electron chi connectivity index (χ4n) is 2.22. The van der Waals surface area contributed by atoms with Crippen molar-refractivity contribution in [3.8, 4) is 0 Å². The zero-order chi connectivity index (χ0) is 17.2. The van der Waals surface area contributed by atoms with Gasteiger partial charge in [0.15, 0.2) is 0 Å². The summed E-state index contributed by atoms with van der Waals surface area (Å²) in [7, 11) is 0. The number of hydrogen-bond donors (Lipinski definition) is 1. The van der Waals surface area contributed by atoms with Gasteiger partial charge in [0, 0.05) is 18.7 Å². The number of amides is 2. The molecule has 23 heavy (non-hydrogen) atoms. The van der Waals surface area contributed by atoms with Gasteiger partial charge >= 0.3 is 6.09 Å². The first-order valence-corrected chi connectivity index (χ1v) is 7.31. The van der Waals surface area contributed by atoms with Crippen LogP contribution >= 0.6 is 0 Å². The highest BCUT2D eigenvalue weighted by Crippen LogP contribution is 2.25. The number of ether oxygens (including phenoxy) is 1. The molecule has 0 aliphatic carbocycles. The van der Waals surface area contributed by atoms with Crippen LogP contribution < -0.4 is 5.73 Å². The Morgan fingerprint density at radius 2 is 2.04 bits per heavy atom. The molecule has 1 aliphatic rings. The smallest absolute Gasteiger partial charge is 0.410 e. The average Bonchev–Trinajstić information content (AvgIpc) is 2.45. The third kappa shape index (κ3) is 4.28. The van der Waals surface area contributed by atoms with Gasteiger partial charge in [-0.2, -0.15) is 4.39 Å². The molecule has 1 aliphatic heterocycles. The third-order valence-electron chi connectivity index (χ3n) is 3.31. The Morgan fingerprint density at radius 1 is 1.35 bits per heavy atom. The van der Waals surface area contributed by atoms with E-state index in [1.165, 1.54) is 12.1 Å². The fourth-order valence-corrected chi connectivity index (χ4v) is 2.22. The van der Waals surface area contributed by atoms with E-state index < -0.39 is 23.5 Å². The molecule has 0 bridgehead atoms. The van der Waals surface area contributed by atoms with E-state index in [0.717, 1.165) is 5.57 Å². The summed E-state index contributed by atoms with van der Waals surface area (Å²) in [6.07, 6.45) is 1.85. The molecule has 0 aromatic carbocycles. The molecule has 0 saturated heterocycles. The molecule has 0 unspecified atom stereocenters. The van der Waals surface area contributed by atoms with Crippen LogP contribution in [0.25, 0.3) is 5.57 Å². The van der Waals surface area contributed by atoms with Crippen LogP contribution in [-0.2, 0) is 4.74 Å². The van der Waals surface area contributed by atoms with Crippen LogP contribution in [0.5, 0.6) is 0 Å². The van der Waals surface area contributed by atoms with Crippen molar-refractivity contribution in [2.24, 2.45) is 5.73 Å². The monoisotopic (exact) mass is 321 g/mol. The third-order valence-corrected chi connectivity index (χ3v) is 3.31. The van der Waals surface area contributed by atoms with E-state index in [1.807, 2.05) is 0 Å². The quantitative estimate of drug-likeness (QED) is 0.847. The van der Waals surface area contributed by atoms with Gasteiger partial charge in [-0.15, -0.1) is 0 Å². The summed E-state index contributed by atoms with van der Waals surface area (Å²) in [5, 5.41) is 0. The zero-order valence-electron chi connectivity index (χ0n) is 13.4. The summed E-state index contributed by atoms with van der Waals surface area (Å²) < 4.78 is 19.3. The topological polar surface area (TPSA) is 85.5 Å². The van der Waals surface area contributed by atoms with Crippen LogP contribution in [0.4, 0.5) is 9.18 Å². The maximum Gasteiger partial charge on any atom is 0.410 e. The fraction of sp³-hybridized carbons (Fsp3) is 0.438. The molecule has 0 saturated carbocycles. The summed E-state index contributed by atoms with van der Waals surface area (Å²) in [6.45, 7) is 6.17. The number of hydrogen-bond acceptors (Lipinski definition) is 4. The lowest BCUT2D eigenvalue weighted by molar-refractivity contribution is 0.0270. The maximum absolute atomic E-state index is 14.0. The molecular formula is C16H20FN3O3. The number of rotatable bonds is 2. The molecule has 2 N–H and O–H groups in total. The van der Waals surface area contributed by atoms with Crippen LogP contribution in [0, 0.1) is 5.95 Å². The van der Waals surface area contributed by atoms with Crippen molar-refractivity contribution in [3.05, 3.63) is 35.4 Å². The van der Waals surface area contributed by atoms with Crippen molar-refractivity contribution in [2.45, 2.75) is 32.8 Å². The number of primary amides is 1. The Morgan fingerprint density at radius 3 is 2.52 bits per heavy atom. The van der Waals surface area contributed by atoms with Crippen LogP contribution in [0.15, 0.2) is 18.2 Å². The van der Waals surface area contributed by atoms with Gasteiger partial charge < -0.3 is 15.4 Å². The Hall–Kier alpha value is -2.44. The number of halogens is 1. The Kier molecular flexibility index (Phi) is 4.68. The highest BCUT2D eigenvalue weighted by molar-refractivity contribution is 5.91. The van der Waals surface area contributed by atoms with Gasteiger partial charge in [-0.1, -0.05) is 6.08 Å². The van der Waals surface area contributed by atoms with Crippen LogP contribution in [0.3, 0.4) is 0 Å². The second kappa shape index (κ2) is 6.36. The van der Waals surface area contributed by atoms with Crippen LogP contribution in [0.2, 0.25) is 0 Å². The van der Waals surface area contributed by atoms with Crippen LogP contribution in [-0.4, -0.2) is 40.6 Å². The minimum atomic E-state index is -0.774. The second-order valence-corrected chi connectivity index (χ2v) is 6.30. The number of carbonyl (C=O) groups is 2. The summed E-state index contributed by atoms with van der Waals surface area (Å²) >= 11 is 0. The molecule has 7 heteroatoms. The van der Waals surface area contributed by atoms with E-state index in [2.05, 4.69) is 4.98 Å². The van der Waals surface area contributed by atoms with E-state index in [-0.39, 0.29) is 5.69 Å². The Bertz CT molecular complexity index is 665. The first kappa shape index (κ1) is 16.9. The molecule has 6 nitrogen and oxygen atoms in total. The number of pyridine rings is 1. The zero-order valence-corrected chi connectivity index (χ0v) is 13.4. The molecule has 124 valence electrons. The normalized spacial score (nSPS) is 15.1.